The van der Waals surface area contributed by atoms with E-state index in [0.717, 1.165) is 24.2 Å². The van der Waals surface area contributed by atoms with Crippen LogP contribution in [0, 0.1) is 0 Å². The third-order valence-electron chi connectivity index (χ3n) is 5.12. The molecule has 2 aliphatic rings. The highest BCUT2D eigenvalue weighted by atomic mass is 16.1. The molecular formula is C16H19N3O. The van der Waals surface area contributed by atoms with Crippen LogP contribution in [0.25, 0.3) is 10.9 Å². The third kappa shape index (κ3) is 1.79. The van der Waals surface area contributed by atoms with Gasteiger partial charge in [0.1, 0.15) is 5.82 Å². The van der Waals surface area contributed by atoms with Crippen molar-refractivity contribution >= 4 is 10.9 Å². The maximum atomic E-state index is 12.2. The van der Waals surface area contributed by atoms with Crippen molar-refractivity contribution in [2.45, 2.75) is 43.7 Å². The molecular weight excluding hydrogens is 250 g/mol. The van der Waals surface area contributed by atoms with Gasteiger partial charge in [0.2, 0.25) is 0 Å². The number of fused-ring (bicyclic) bond motifs is 3. The minimum Gasteiger partial charge on any atom is -0.310 e. The molecule has 4 rings (SSSR count). The van der Waals surface area contributed by atoms with Gasteiger partial charge in [-0.25, -0.2) is 4.98 Å². The Morgan fingerprint density at radius 1 is 1.20 bits per heavy atom. The number of aromatic amines is 1. The second-order valence-corrected chi connectivity index (χ2v) is 6.19. The van der Waals surface area contributed by atoms with Crippen molar-refractivity contribution in [1.82, 2.24) is 14.9 Å². The number of H-pyrrole nitrogens is 1. The average Bonchev–Trinajstić information content (AvgIpc) is 2.68. The second-order valence-electron chi connectivity index (χ2n) is 6.19. The van der Waals surface area contributed by atoms with Crippen molar-refractivity contribution in [3.8, 4) is 0 Å². The van der Waals surface area contributed by atoms with E-state index in [9.17, 15) is 4.79 Å². The Labute approximate surface area is 117 Å². The fraction of sp³-hybridized carbons (Fsp3) is 0.500. The van der Waals surface area contributed by atoms with Crippen LogP contribution in [-0.4, -0.2) is 34.0 Å². The zero-order chi connectivity index (χ0) is 13.7. The Kier molecular flexibility index (Phi) is 2.67. The van der Waals surface area contributed by atoms with Crippen molar-refractivity contribution in [2.75, 3.05) is 7.05 Å². The molecule has 0 saturated carbocycles. The molecule has 2 atom stereocenters. The topological polar surface area (TPSA) is 49.0 Å². The van der Waals surface area contributed by atoms with E-state index in [0.29, 0.717) is 23.4 Å². The number of hydrogen-bond donors (Lipinski definition) is 1. The first kappa shape index (κ1) is 12.1. The molecule has 2 fully saturated rings. The van der Waals surface area contributed by atoms with Crippen LogP contribution in [0.5, 0.6) is 0 Å². The molecule has 2 bridgehead atoms. The average molecular weight is 269 g/mol. The van der Waals surface area contributed by atoms with Gasteiger partial charge in [-0.1, -0.05) is 12.1 Å². The van der Waals surface area contributed by atoms with Crippen molar-refractivity contribution in [3.63, 3.8) is 0 Å². The quantitative estimate of drug-likeness (QED) is 0.864. The van der Waals surface area contributed by atoms with Crippen LogP contribution in [0.1, 0.15) is 37.4 Å². The largest absolute Gasteiger partial charge is 0.310 e. The first-order valence-corrected chi connectivity index (χ1v) is 7.43. The van der Waals surface area contributed by atoms with Crippen molar-refractivity contribution in [2.24, 2.45) is 0 Å². The first-order valence-electron chi connectivity index (χ1n) is 7.43. The lowest BCUT2D eigenvalue weighted by atomic mass is 9.90. The Bertz CT molecular complexity index is 694. The molecule has 0 aliphatic carbocycles. The molecule has 2 aliphatic heterocycles. The number of para-hydroxylation sites is 1. The van der Waals surface area contributed by atoms with Gasteiger partial charge < -0.3 is 9.88 Å². The zero-order valence-corrected chi connectivity index (χ0v) is 11.7. The lowest BCUT2D eigenvalue weighted by Gasteiger charge is -2.35. The lowest BCUT2D eigenvalue weighted by molar-refractivity contribution is 0.159. The normalized spacial score (nSPS) is 29.9. The van der Waals surface area contributed by atoms with Gasteiger partial charge in [-0.15, -0.1) is 0 Å². The minimum atomic E-state index is -0.00289. The van der Waals surface area contributed by atoms with Crippen LogP contribution in [-0.2, 0) is 0 Å². The van der Waals surface area contributed by atoms with Gasteiger partial charge in [-0.3, -0.25) is 4.79 Å². The summed E-state index contributed by atoms with van der Waals surface area (Å²) in [5.74, 6) is 1.29. The summed E-state index contributed by atoms with van der Waals surface area (Å²) in [5.41, 5.74) is 0.814. The standard InChI is InChI=1S/C16H19N3O/c1-19-11-6-7-12(19)9-10(8-11)15-17-14-5-3-2-4-13(14)16(20)18-15/h2-5,10-12H,6-9H2,1H3,(H,17,18,20). The highest BCUT2D eigenvalue weighted by molar-refractivity contribution is 5.77. The zero-order valence-electron chi connectivity index (χ0n) is 11.7. The Morgan fingerprint density at radius 3 is 2.65 bits per heavy atom. The number of aromatic nitrogens is 2. The Balaban J connectivity index is 1.74. The van der Waals surface area contributed by atoms with E-state index < -0.39 is 0 Å². The summed E-state index contributed by atoms with van der Waals surface area (Å²) in [6.45, 7) is 0. The smallest absolute Gasteiger partial charge is 0.258 e. The summed E-state index contributed by atoms with van der Waals surface area (Å²) in [4.78, 5) is 22.4. The molecule has 1 N–H and O–H groups in total. The molecule has 2 aromatic rings. The van der Waals surface area contributed by atoms with Crippen LogP contribution in [0.15, 0.2) is 29.1 Å². The van der Waals surface area contributed by atoms with Crippen LogP contribution in [0.2, 0.25) is 0 Å². The Hall–Kier alpha value is -1.68. The number of benzene rings is 1. The van der Waals surface area contributed by atoms with E-state index in [-0.39, 0.29) is 5.56 Å². The first-order chi connectivity index (χ1) is 9.72. The Morgan fingerprint density at radius 2 is 1.90 bits per heavy atom. The van der Waals surface area contributed by atoms with Crippen LogP contribution in [0.3, 0.4) is 0 Å². The molecule has 0 radical (unpaired) electrons. The highest BCUT2D eigenvalue weighted by Gasteiger charge is 2.39. The molecule has 4 nitrogen and oxygen atoms in total. The second kappa shape index (κ2) is 4.42. The van der Waals surface area contributed by atoms with E-state index in [4.69, 9.17) is 4.98 Å². The molecule has 2 unspecified atom stereocenters. The van der Waals surface area contributed by atoms with Crippen molar-refractivity contribution in [3.05, 3.63) is 40.4 Å². The number of piperidine rings is 1. The summed E-state index contributed by atoms with van der Waals surface area (Å²) < 4.78 is 0. The van der Waals surface area contributed by atoms with Crippen LogP contribution < -0.4 is 5.56 Å². The summed E-state index contributed by atoms with van der Waals surface area (Å²) in [5, 5.41) is 0.687. The van der Waals surface area contributed by atoms with Gasteiger partial charge >= 0.3 is 0 Å². The highest BCUT2D eigenvalue weighted by Crippen LogP contribution is 2.40. The van der Waals surface area contributed by atoms with Gasteiger partial charge in [-0.05, 0) is 44.9 Å². The van der Waals surface area contributed by atoms with E-state index in [1.807, 2.05) is 24.3 Å². The van der Waals surface area contributed by atoms with Gasteiger partial charge in [-0.2, -0.15) is 0 Å². The number of hydrogen-bond acceptors (Lipinski definition) is 3. The van der Waals surface area contributed by atoms with Crippen molar-refractivity contribution < 1.29 is 0 Å². The number of nitrogens with zero attached hydrogens (tertiary/aromatic N) is 2. The molecule has 2 saturated heterocycles. The van der Waals surface area contributed by atoms with Gasteiger partial charge in [0.05, 0.1) is 10.9 Å². The molecule has 104 valence electrons. The third-order valence-corrected chi connectivity index (χ3v) is 5.12. The minimum absolute atomic E-state index is 0.00289. The fourth-order valence-corrected chi connectivity index (χ4v) is 3.93. The van der Waals surface area contributed by atoms with Gasteiger partial charge in [0.15, 0.2) is 0 Å². The predicted molar refractivity (Wildman–Crippen MR) is 78.9 cm³/mol. The lowest BCUT2D eigenvalue weighted by Crippen LogP contribution is -2.39. The molecule has 20 heavy (non-hydrogen) atoms. The SMILES string of the molecule is CN1C2CCC1CC(c1nc3ccccc3c(=O)[nH]1)C2. The number of nitrogens with one attached hydrogen (secondary N) is 1. The van der Waals surface area contributed by atoms with E-state index >= 15 is 0 Å². The van der Waals surface area contributed by atoms with E-state index in [1.54, 1.807) is 0 Å². The summed E-state index contributed by atoms with van der Waals surface area (Å²) >= 11 is 0. The van der Waals surface area contributed by atoms with Crippen LogP contribution in [0.4, 0.5) is 0 Å². The fourth-order valence-electron chi connectivity index (χ4n) is 3.93. The summed E-state index contributed by atoms with van der Waals surface area (Å²) in [6, 6.07) is 8.91. The van der Waals surface area contributed by atoms with Crippen molar-refractivity contribution in [1.29, 1.82) is 0 Å². The maximum absolute atomic E-state index is 12.2. The van der Waals surface area contributed by atoms with Gasteiger partial charge in [0, 0.05) is 18.0 Å². The van der Waals surface area contributed by atoms with E-state index in [2.05, 4.69) is 16.9 Å². The van der Waals surface area contributed by atoms with E-state index in [1.165, 1.54) is 12.8 Å². The molecule has 0 amide bonds. The number of rotatable bonds is 1. The van der Waals surface area contributed by atoms with Crippen LogP contribution >= 0.6 is 0 Å². The molecule has 0 spiro atoms. The summed E-state index contributed by atoms with van der Waals surface area (Å²) in [7, 11) is 2.23. The monoisotopic (exact) mass is 269 g/mol. The predicted octanol–water partition coefficient (Wildman–Crippen LogP) is 2.26. The molecule has 3 heterocycles. The van der Waals surface area contributed by atoms with Gasteiger partial charge in [0.25, 0.3) is 5.56 Å². The molecule has 1 aromatic heterocycles. The molecule has 1 aromatic carbocycles. The summed E-state index contributed by atoms with van der Waals surface area (Å²) in [6.07, 6.45) is 4.81. The maximum Gasteiger partial charge on any atom is 0.258 e. The molecule has 4 heteroatoms.